The molecule has 2 nitrogen and oxygen atoms in total. The molecule has 0 aliphatic carbocycles. The van der Waals surface area contributed by atoms with Crippen LogP contribution in [0.1, 0.15) is 5.56 Å². The summed E-state index contributed by atoms with van der Waals surface area (Å²) in [6.07, 6.45) is 0. The van der Waals surface area contributed by atoms with Crippen LogP contribution >= 0.6 is 11.6 Å². The number of H-pyrrole nitrogens is 1. The van der Waals surface area contributed by atoms with Gasteiger partial charge in [-0.1, -0.05) is 17.7 Å². The maximum atomic E-state index is 13.3. The van der Waals surface area contributed by atoms with Crippen molar-refractivity contribution < 1.29 is 4.39 Å². The van der Waals surface area contributed by atoms with E-state index in [1.165, 1.54) is 6.07 Å². The molecule has 1 aromatic carbocycles. The number of aryl methyl sites for hydroxylation is 1. The molecular formula is C10H7ClFNO. The number of pyridine rings is 1. The lowest BCUT2D eigenvalue weighted by Crippen LogP contribution is -2.08. The predicted molar refractivity (Wildman–Crippen MR) is 54.3 cm³/mol. The van der Waals surface area contributed by atoms with E-state index in [0.717, 1.165) is 5.56 Å². The molecule has 2 rings (SSSR count). The van der Waals surface area contributed by atoms with E-state index in [2.05, 4.69) is 4.98 Å². The maximum Gasteiger partial charge on any atom is 0.259 e. The van der Waals surface area contributed by atoms with Crippen LogP contribution in [0.2, 0.25) is 5.15 Å². The zero-order valence-corrected chi connectivity index (χ0v) is 8.15. The predicted octanol–water partition coefficient (Wildman–Crippen LogP) is 2.63. The second-order valence-electron chi connectivity index (χ2n) is 3.10. The topological polar surface area (TPSA) is 32.9 Å². The molecule has 0 saturated carbocycles. The number of hydrogen-bond donors (Lipinski definition) is 1. The Morgan fingerprint density at radius 2 is 2.14 bits per heavy atom. The van der Waals surface area contributed by atoms with Crippen molar-refractivity contribution in [2.75, 3.05) is 0 Å². The van der Waals surface area contributed by atoms with Crippen molar-refractivity contribution in [3.05, 3.63) is 45.1 Å². The van der Waals surface area contributed by atoms with Crippen LogP contribution in [0.5, 0.6) is 0 Å². The Morgan fingerprint density at radius 1 is 1.43 bits per heavy atom. The minimum absolute atomic E-state index is 0.0643. The van der Waals surface area contributed by atoms with Gasteiger partial charge in [0.15, 0.2) is 0 Å². The Labute approximate surface area is 84.3 Å². The lowest BCUT2D eigenvalue weighted by Gasteiger charge is -2.02. The van der Waals surface area contributed by atoms with Gasteiger partial charge in [-0.05, 0) is 30.0 Å². The Hall–Kier alpha value is -1.35. The SMILES string of the molecule is Cc1ccc(F)c2c(=O)[nH]c(Cl)cc12. The van der Waals surface area contributed by atoms with Crippen molar-refractivity contribution in [1.82, 2.24) is 4.98 Å². The van der Waals surface area contributed by atoms with E-state index in [1.807, 2.05) is 0 Å². The number of aromatic amines is 1. The van der Waals surface area contributed by atoms with E-state index in [-0.39, 0.29) is 10.5 Å². The molecule has 0 unspecified atom stereocenters. The van der Waals surface area contributed by atoms with E-state index in [9.17, 15) is 9.18 Å². The van der Waals surface area contributed by atoms with E-state index >= 15 is 0 Å². The number of nitrogens with one attached hydrogen (secondary N) is 1. The largest absolute Gasteiger partial charge is 0.312 e. The molecule has 1 heterocycles. The van der Waals surface area contributed by atoms with Gasteiger partial charge >= 0.3 is 0 Å². The van der Waals surface area contributed by atoms with Gasteiger partial charge in [-0.3, -0.25) is 4.79 Å². The highest BCUT2D eigenvalue weighted by Crippen LogP contribution is 2.20. The van der Waals surface area contributed by atoms with Gasteiger partial charge < -0.3 is 4.98 Å². The Morgan fingerprint density at radius 3 is 2.86 bits per heavy atom. The molecule has 0 aliphatic rings. The fourth-order valence-corrected chi connectivity index (χ4v) is 1.64. The maximum absolute atomic E-state index is 13.3. The molecule has 1 aromatic heterocycles. The summed E-state index contributed by atoms with van der Waals surface area (Å²) in [6, 6.07) is 4.45. The van der Waals surface area contributed by atoms with E-state index in [0.29, 0.717) is 5.39 Å². The zero-order valence-electron chi connectivity index (χ0n) is 7.40. The molecular weight excluding hydrogens is 205 g/mol. The van der Waals surface area contributed by atoms with Crippen LogP contribution in [0, 0.1) is 12.7 Å². The average Bonchev–Trinajstić information content (AvgIpc) is 2.10. The van der Waals surface area contributed by atoms with Crippen LogP contribution in [0.15, 0.2) is 23.0 Å². The average molecular weight is 212 g/mol. The van der Waals surface area contributed by atoms with Crippen molar-refractivity contribution in [2.24, 2.45) is 0 Å². The molecule has 72 valence electrons. The van der Waals surface area contributed by atoms with Crippen LogP contribution < -0.4 is 5.56 Å². The van der Waals surface area contributed by atoms with Crippen molar-refractivity contribution in [3.8, 4) is 0 Å². The minimum Gasteiger partial charge on any atom is -0.312 e. The van der Waals surface area contributed by atoms with Crippen molar-refractivity contribution in [3.63, 3.8) is 0 Å². The number of halogens is 2. The lowest BCUT2D eigenvalue weighted by molar-refractivity contribution is 0.638. The molecule has 1 N–H and O–H groups in total. The first-order chi connectivity index (χ1) is 6.59. The Kier molecular flexibility index (Phi) is 2.04. The second kappa shape index (κ2) is 3.10. The zero-order chi connectivity index (χ0) is 10.3. The molecule has 0 amide bonds. The molecule has 2 aromatic rings. The third-order valence-electron chi connectivity index (χ3n) is 2.14. The number of aromatic nitrogens is 1. The van der Waals surface area contributed by atoms with Gasteiger partial charge in [0.25, 0.3) is 5.56 Å². The molecule has 0 aliphatic heterocycles. The van der Waals surface area contributed by atoms with Gasteiger partial charge in [-0.2, -0.15) is 0 Å². The molecule has 0 fully saturated rings. The standard InChI is InChI=1S/C10H7ClFNO/c1-5-2-3-7(12)9-6(5)4-8(11)13-10(9)14/h2-4H,1H3,(H,13,14). The Balaban J connectivity index is 3.08. The quantitative estimate of drug-likeness (QED) is 0.668. The molecule has 0 radical (unpaired) electrons. The van der Waals surface area contributed by atoms with Crippen LogP contribution in [0.25, 0.3) is 10.8 Å². The normalized spacial score (nSPS) is 10.8. The van der Waals surface area contributed by atoms with Gasteiger partial charge in [-0.15, -0.1) is 0 Å². The number of fused-ring (bicyclic) bond motifs is 1. The van der Waals surface area contributed by atoms with Gasteiger partial charge in [0.1, 0.15) is 11.0 Å². The fourth-order valence-electron chi connectivity index (χ4n) is 1.45. The molecule has 0 spiro atoms. The van der Waals surface area contributed by atoms with E-state index in [1.54, 1.807) is 19.1 Å². The summed E-state index contributed by atoms with van der Waals surface area (Å²) < 4.78 is 13.3. The van der Waals surface area contributed by atoms with Gasteiger partial charge in [-0.25, -0.2) is 4.39 Å². The molecule has 4 heteroatoms. The molecule has 14 heavy (non-hydrogen) atoms. The highest BCUT2D eigenvalue weighted by Gasteiger charge is 2.07. The summed E-state index contributed by atoms with van der Waals surface area (Å²) in [6.45, 7) is 1.80. The van der Waals surface area contributed by atoms with Crippen LogP contribution in [-0.4, -0.2) is 4.98 Å². The third-order valence-corrected chi connectivity index (χ3v) is 2.35. The fraction of sp³-hybridized carbons (Fsp3) is 0.100. The van der Waals surface area contributed by atoms with E-state index < -0.39 is 11.4 Å². The Bertz CT molecular complexity index is 562. The van der Waals surface area contributed by atoms with Crippen LogP contribution in [0.3, 0.4) is 0 Å². The summed E-state index contributed by atoms with van der Waals surface area (Å²) in [4.78, 5) is 13.7. The summed E-state index contributed by atoms with van der Waals surface area (Å²) in [7, 11) is 0. The third kappa shape index (κ3) is 1.30. The summed E-state index contributed by atoms with van der Waals surface area (Å²) >= 11 is 5.67. The van der Waals surface area contributed by atoms with Gasteiger partial charge in [0.2, 0.25) is 0 Å². The van der Waals surface area contributed by atoms with Crippen LogP contribution in [-0.2, 0) is 0 Å². The molecule has 0 bridgehead atoms. The highest BCUT2D eigenvalue weighted by molar-refractivity contribution is 6.30. The highest BCUT2D eigenvalue weighted by atomic mass is 35.5. The second-order valence-corrected chi connectivity index (χ2v) is 3.51. The first-order valence-corrected chi connectivity index (χ1v) is 4.45. The monoisotopic (exact) mass is 211 g/mol. The van der Waals surface area contributed by atoms with Crippen molar-refractivity contribution in [2.45, 2.75) is 6.92 Å². The number of rotatable bonds is 0. The summed E-state index contributed by atoms with van der Waals surface area (Å²) in [5.74, 6) is -0.525. The molecule has 0 atom stereocenters. The summed E-state index contributed by atoms with van der Waals surface area (Å²) in [5, 5.41) is 0.837. The van der Waals surface area contributed by atoms with Crippen molar-refractivity contribution in [1.29, 1.82) is 0 Å². The van der Waals surface area contributed by atoms with Gasteiger partial charge in [0.05, 0.1) is 5.39 Å². The first kappa shape index (κ1) is 9.21. The van der Waals surface area contributed by atoms with E-state index in [4.69, 9.17) is 11.6 Å². The van der Waals surface area contributed by atoms with Crippen molar-refractivity contribution >= 4 is 22.4 Å². The minimum atomic E-state index is -0.525. The van der Waals surface area contributed by atoms with Crippen LogP contribution in [0.4, 0.5) is 4.39 Å². The molecule has 0 saturated heterocycles. The lowest BCUT2D eigenvalue weighted by atomic mass is 10.1. The summed E-state index contributed by atoms with van der Waals surface area (Å²) in [5.41, 5.74) is 0.336. The smallest absolute Gasteiger partial charge is 0.259 e. The first-order valence-electron chi connectivity index (χ1n) is 4.07. The van der Waals surface area contributed by atoms with Gasteiger partial charge in [0, 0.05) is 0 Å². The number of benzene rings is 1. The number of hydrogen-bond acceptors (Lipinski definition) is 1.